The number of benzene rings is 1. The van der Waals surface area contributed by atoms with Crippen molar-refractivity contribution in [3.8, 4) is 0 Å². The van der Waals surface area contributed by atoms with Crippen LogP contribution in [0, 0.1) is 0 Å². The molecular weight excluding hydrogens is 217 g/mol. The molecule has 0 aromatic heterocycles. The molecule has 0 fully saturated rings. The van der Waals surface area contributed by atoms with Gasteiger partial charge in [0.25, 0.3) is 0 Å². The highest BCUT2D eigenvalue weighted by molar-refractivity contribution is 6.35. The molecule has 1 nitrogen and oxygen atoms in total. The van der Waals surface area contributed by atoms with E-state index in [1.807, 2.05) is 19.1 Å². The number of hydrogen-bond acceptors (Lipinski definition) is 1. The molecule has 1 N–H and O–H groups in total. The van der Waals surface area contributed by atoms with Crippen molar-refractivity contribution in [1.82, 2.24) is 5.32 Å². The number of halogens is 2. The molecule has 0 aliphatic heterocycles. The molecule has 1 rings (SSSR count). The van der Waals surface area contributed by atoms with Crippen molar-refractivity contribution in [3.05, 3.63) is 46.0 Å². The van der Waals surface area contributed by atoms with Crippen LogP contribution in [0.3, 0.4) is 0 Å². The van der Waals surface area contributed by atoms with Crippen molar-refractivity contribution >= 4 is 23.2 Å². The maximum absolute atomic E-state index is 6.00. The molecule has 0 atom stereocenters. The molecule has 1 aromatic rings. The zero-order chi connectivity index (χ0) is 10.6. The largest absolute Gasteiger partial charge is 0.309 e. The van der Waals surface area contributed by atoms with E-state index in [-0.39, 0.29) is 0 Å². The molecule has 76 valence electrons. The highest BCUT2D eigenvalue weighted by atomic mass is 35.5. The van der Waals surface area contributed by atoms with Gasteiger partial charge < -0.3 is 5.32 Å². The third-order valence-electron chi connectivity index (χ3n) is 1.76. The van der Waals surface area contributed by atoms with Gasteiger partial charge in [-0.15, -0.1) is 0 Å². The first-order valence-electron chi connectivity index (χ1n) is 4.38. The van der Waals surface area contributed by atoms with Crippen LogP contribution >= 0.6 is 23.2 Å². The van der Waals surface area contributed by atoms with E-state index in [0.717, 1.165) is 24.2 Å². The van der Waals surface area contributed by atoms with Gasteiger partial charge in [-0.1, -0.05) is 41.4 Å². The lowest BCUT2D eigenvalue weighted by Gasteiger charge is -2.06. The molecule has 1 aromatic carbocycles. The normalized spacial score (nSPS) is 10.2. The Labute approximate surface area is 94.7 Å². The van der Waals surface area contributed by atoms with E-state index in [2.05, 4.69) is 11.9 Å². The molecule has 0 bridgehead atoms. The minimum Gasteiger partial charge on any atom is -0.309 e. The van der Waals surface area contributed by atoms with Gasteiger partial charge in [0.2, 0.25) is 0 Å². The van der Waals surface area contributed by atoms with Crippen LogP contribution in [0.1, 0.15) is 12.5 Å². The monoisotopic (exact) mass is 229 g/mol. The van der Waals surface area contributed by atoms with E-state index in [1.165, 1.54) is 0 Å². The first kappa shape index (κ1) is 11.6. The van der Waals surface area contributed by atoms with Crippen LogP contribution in [0.2, 0.25) is 10.0 Å². The van der Waals surface area contributed by atoms with Gasteiger partial charge in [-0.05, 0) is 24.6 Å². The lowest BCUT2D eigenvalue weighted by atomic mass is 10.2. The van der Waals surface area contributed by atoms with Crippen molar-refractivity contribution in [3.63, 3.8) is 0 Å². The van der Waals surface area contributed by atoms with E-state index in [4.69, 9.17) is 23.2 Å². The summed E-state index contributed by atoms with van der Waals surface area (Å²) in [4.78, 5) is 0. The van der Waals surface area contributed by atoms with Crippen LogP contribution < -0.4 is 5.32 Å². The zero-order valence-corrected chi connectivity index (χ0v) is 9.62. The summed E-state index contributed by atoms with van der Waals surface area (Å²) in [6.45, 7) is 7.33. The smallest absolute Gasteiger partial charge is 0.0465 e. The van der Waals surface area contributed by atoms with Gasteiger partial charge >= 0.3 is 0 Å². The fourth-order valence-corrected chi connectivity index (χ4v) is 1.55. The van der Waals surface area contributed by atoms with Crippen LogP contribution in [-0.4, -0.2) is 6.54 Å². The van der Waals surface area contributed by atoms with Crippen LogP contribution in [-0.2, 0) is 6.54 Å². The highest BCUT2D eigenvalue weighted by Gasteiger charge is 2.00. The third-order valence-corrected chi connectivity index (χ3v) is 2.34. The highest BCUT2D eigenvalue weighted by Crippen LogP contribution is 2.20. The molecule has 3 heteroatoms. The van der Waals surface area contributed by atoms with Crippen LogP contribution in [0.5, 0.6) is 0 Å². The first-order chi connectivity index (χ1) is 6.59. The molecule has 0 saturated heterocycles. The molecule has 0 heterocycles. The Morgan fingerprint density at radius 2 is 2.14 bits per heavy atom. The Morgan fingerprint density at radius 1 is 1.43 bits per heavy atom. The Kier molecular flexibility index (Phi) is 4.46. The summed E-state index contributed by atoms with van der Waals surface area (Å²) in [6.07, 6.45) is 0. The van der Waals surface area contributed by atoms with Crippen LogP contribution in [0.4, 0.5) is 0 Å². The molecule has 14 heavy (non-hydrogen) atoms. The topological polar surface area (TPSA) is 12.0 Å². The van der Waals surface area contributed by atoms with Crippen molar-refractivity contribution in [2.75, 3.05) is 6.54 Å². The van der Waals surface area contributed by atoms with Crippen molar-refractivity contribution in [2.24, 2.45) is 0 Å². The molecule has 0 unspecified atom stereocenters. The van der Waals surface area contributed by atoms with Gasteiger partial charge in [0, 0.05) is 23.1 Å². The summed E-state index contributed by atoms with van der Waals surface area (Å²) in [5.74, 6) is 0. The molecule has 0 amide bonds. The van der Waals surface area contributed by atoms with Gasteiger partial charge in [-0.2, -0.15) is 0 Å². The van der Waals surface area contributed by atoms with E-state index >= 15 is 0 Å². The molecule has 0 aliphatic rings. The van der Waals surface area contributed by atoms with Gasteiger partial charge in [0.05, 0.1) is 0 Å². The number of nitrogens with one attached hydrogen (secondary N) is 1. The number of rotatable bonds is 4. The average molecular weight is 230 g/mol. The van der Waals surface area contributed by atoms with Crippen molar-refractivity contribution < 1.29 is 0 Å². The second kappa shape index (κ2) is 5.40. The van der Waals surface area contributed by atoms with E-state index < -0.39 is 0 Å². The average Bonchev–Trinajstić information content (AvgIpc) is 2.08. The minimum absolute atomic E-state index is 0.665. The lowest BCUT2D eigenvalue weighted by Crippen LogP contribution is -2.15. The van der Waals surface area contributed by atoms with Crippen LogP contribution in [0.15, 0.2) is 30.4 Å². The fourth-order valence-electron chi connectivity index (χ4n) is 1.08. The minimum atomic E-state index is 0.665. The molecule has 0 aliphatic carbocycles. The third kappa shape index (κ3) is 3.70. The van der Waals surface area contributed by atoms with Crippen molar-refractivity contribution in [1.29, 1.82) is 0 Å². The summed E-state index contributed by atoms with van der Waals surface area (Å²) in [5.41, 5.74) is 2.16. The Morgan fingerprint density at radius 3 is 2.71 bits per heavy atom. The van der Waals surface area contributed by atoms with Crippen molar-refractivity contribution in [2.45, 2.75) is 13.5 Å². The zero-order valence-electron chi connectivity index (χ0n) is 8.11. The number of hydrogen-bond donors (Lipinski definition) is 1. The van der Waals surface area contributed by atoms with Gasteiger partial charge in [-0.3, -0.25) is 0 Å². The van der Waals surface area contributed by atoms with Crippen LogP contribution in [0.25, 0.3) is 0 Å². The molecule has 0 saturated carbocycles. The summed E-state index contributed by atoms with van der Waals surface area (Å²) >= 11 is 11.8. The van der Waals surface area contributed by atoms with Gasteiger partial charge in [0.1, 0.15) is 0 Å². The Bertz CT molecular complexity index is 334. The Hall–Kier alpha value is -0.500. The van der Waals surface area contributed by atoms with E-state index in [1.54, 1.807) is 6.07 Å². The summed E-state index contributed by atoms with van der Waals surface area (Å²) in [5, 5.41) is 4.60. The predicted octanol–water partition coefficient (Wildman–Crippen LogP) is 3.66. The summed E-state index contributed by atoms with van der Waals surface area (Å²) in [7, 11) is 0. The Balaban J connectivity index is 2.55. The standard InChI is InChI=1S/C11H13Cl2N/c1-8(2)6-14-7-9-3-4-10(12)5-11(9)13/h3-5,14H,1,6-7H2,2H3. The molecular formula is C11H13Cl2N. The second-order valence-corrected chi connectivity index (χ2v) is 4.14. The SMILES string of the molecule is C=C(C)CNCc1ccc(Cl)cc1Cl. The van der Waals surface area contributed by atoms with Gasteiger partial charge in [-0.25, -0.2) is 0 Å². The van der Waals surface area contributed by atoms with E-state index in [0.29, 0.717) is 10.0 Å². The lowest BCUT2D eigenvalue weighted by molar-refractivity contribution is 0.741. The molecule has 0 spiro atoms. The van der Waals surface area contributed by atoms with E-state index in [9.17, 15) is 0 Å². The molecule has 0 radical (unpaired) electrons. The predicted molar refractivity (Wildman–Crippen MR) is 63.0 cm³/mol. The maximum atomic E-state index is 6.00. The quantitative estimate of drug-likeness (QED) is 0.778. The summed E-state index contributed by atoms with van der Waals surface area (Å²) < 4.78 is 0. The first-order valence-corrected chi connectivity index (χ1v) is 5.14. The fraction of sp³-hybridized carbons (Fsp3) is 0.273. The second-order valence-electron chi connectivity index (χ2n) is 3.30. The summed E-state index contributed by atoms with van der Waals surface area (Å²) in [6, 6.07) is 5.52. The maximum Gasteiger partial charge on any atom is 0.0465 e. The van der Waals surface area contributed by atoms with Gasteiger partial charge in [0.15, 0.2) is 0 Å².